The second-order valence-corrected chi connectivity index (χ2v) is 6.80. The SMILES string of the molecule is Cc1nn(C)cc1NC(=S)Nc1cnn(Cc2ccc(Cl)cc2Cl)c1. The summed E-state index contributed by atoms with van der Waals surface area (Å²) >= 11 is 17.4. The first kappa shape index (κ1) is 17.7. The van der Waals surface area contributed by atoms with E-state index in [1.165, 1.54) is 0 Å². The Morgan fingerprint density at radius 2 is 2.04 bits per heavy atom. The van der Waals surface area contributed by atoms with E-state index in [-0.39, 0.29) is 0 Å². The predicted molar refractivity (Wildman–Crippen MR) is 106 cm³/mol. The van der Waals surface area contributed by atoms with Crippen LogP contribution in [0.2, 0.25) is 10.0 Å². The molecule has 0 saturated heterocycles. The van der Waals surface area contributed by atoms with E-state index in [2.05, 4.69) is 20.8 Å². The number of nitrogens with zero attached hydrogens (tertiary/aromatic N) is 4. The molecular formula is C16H16Cl2N6S. The lowest BCUT2D eigenvalue weighted by molar-refractivity contribution is 0.687. The van der Waals surface area contributed by atoms with E-state index in [0.29, 0.717) is 21.7 Å². The summed E-state index contributed by atoms with van der Waals surface area (Å²) in [5, 5.41) is 16.5. The van der Waals surface area contributed by atoms with E-state index < -0.39 is 0 Å². The van der Waals surface area contributed by atoms with Crippen molar-refractivity contribution in [3.8, 4) is 0 Å². The number of nitrogens with one attached hydrogen (secondary N) is 2. The molecule has 25 heavy (non-hydrogen) atoms. The minimum absolute atomic E-state index is 0.472. The standard InChI is InChI=1S/C16H16Cl2N6S/c1-10-15(9-23(2)22-10)21-16(25)20-13-6-19-24(8-13)7-11-3-4-12(17)5-14(11)18/h3-6,8-9H,7H2,1-2H3,(H2,20,21,25). The number of hydrogen-bond donors (Lipinski definition) is 2. The fourth-order valence-corrected chi connectivity index (χ4v) is 3.04. The molecule has 2 N–H and O–H groups in total. The van der Waals surface area contributed by atoms with Crippen LogP contribution in [0.25, 0.3) is 0 Å². The lowest BCUT2D eigenvalue weighted by Crippen LogP contribution is -2.19. The lowest BCUT2D eigenvalue weighted by Gasteiger charge is -2.07. The lowest BCUT2D eigenvalue weighted by atomic mass is 10.2. The van der Waals surface area contributed by atoms with Gasteiger partial charge in [0.25, 0.3) is 0 Å². The Balaban J connectivity index is 1.63. The summed E-state index contributed by atoms with van der Waals surface area (Å²) in [5.41, 5.74) is 3.46. The average Bonchev–Trinajstić information content (AvgIpc) is 3.08. The number of aryl methyl sites for hydroxylation is 2. The maximum atomic E-state index is 6.20. The van der Waals surface area contributed by atoms with Gasteiger partial charge in [-0.3, -0.25) is 9.36 Å². The molecule has 0 unspecified atom stereocenters. The van der Waals surface area contributed by atoms with Crippen LogP contribution in [0.15, 0.2) is 36.8 Å². The third-order valence-electron chi connectivity index (χ3n) is 3.50. The van der Waals surface area contributed by atoms with Crippen molar-refractivity contribution in [1.82, 2.24) is 19.6 Å². The first-order valence-electron chi connectivity index (χ1n) is 7.45. The van der Waals surface area contributed by atoms with Gasteiger partial charge < -0.3 is 10.6 Å². The van der Waals surface area contributed by atoms with Crippen LogP contribution in [0.4, 0.5) is 11.4 Å². The highest BCUT2D eigenvalue weighted by atomic mass is 35.5. The summed E-state index contributed by atoms with van der Waals surface area (Å²) in [4.78, 5) is 0. The molecule has 0 aliphatic rings. The Hall–Kier alpha value is -2.09. The molecule has 1 aromatic carbocycles. The fraction of sp³-hybridized carbons (Fsp3) is 0.188. The van der Waals surface area contributed by atoms with Gasteiger partial charge in [0.2, 0.25) is 0 Å². The van der Waals surface area contributed by atoms with Crippen LogP contribution in [0.3, 0.4) is 0 Å². The van der Waals surface area contributed by atoms with E-state index in [9.17, 15) is 0 Å². The Morgan fingerprint density at radius 1 is 1.24 bits per heavy atom. The molecule has 0 fully saturated rings. The Labute approximate surface area is 160 Å². The monoisotopic (exact) mass is 394 g/mol. The summed E-state index contributed by atoms with van der Waals surface area (Å²) < 4.78 is 3.50. The first-order chi connectivity index (χ1) is 11.9. The van der Waals surface area contributed by atoms with Crippen molar-refractivity contribution in [1.29, 1.82) is 0 Å². The molecule has 0 aliphatic carbocycles. The summed E-state index contributed by atoms with van der Waals surface area (Å²) in [6, 6.07) is 5.41. The fourth-order valence-electron chi connectivity index (χ4n) is 2.35. The van der Waals surface area contributed by atoms with Gasteiger partial charge in [0.05, 0.1) is 29.8 Å². The van der Waals surface area contributed by atoms with Crippen LogP contribution < -0.4 is 10.6 Å². The summed E-state index contributed by atoms with van der Waals surface area (Å²) in [5.74, 6) is 0. The number of rotatable bonds is 4. The molecule has 130 valence electrons. The minimum Gasteiger partial charge on any atom is -0.330 e. The molecule has 0 saturated carbocycles. The summed E-state index contributed by atoms with van der Waals surface area (Å²) in [6.45, 7) is 2.46. The van der Waals surface area contributed by atoms with Gasteiger partial charge in [-0.15, -0.1) is 0 Å². The molecule has 0 bridgehead atoms. The molecule has 2 aromatic heterocycles. The van der Waals surface area contributed by atoms with Crippen molar-refractivity contribution in [2.45, 2.75) is 13.5 Å². The Bertz CT molecular complexity index is 917. The zero-order chi connectivity index (χ0) is 18.0. The molecule has 0 radical (unpaired) electrons. The number of benzene rings is 1. The second-order valence-electron chi connectivity index (χ2n) is 5.54. The van der Waals surface area contributed by atoms with Crippen molar-refractivity contribution in [2.75, 3.05) is 10.6 Å². The molecule has 2 heterocycles. The second kappa shape index (κ2) is 7.43. The van der Waals surface area contributed by atoms with Crippen LogP contribution in [0, 0.1) is 6.92 Å². The zero-order valence-corrected chi connectivity index (χ0v) is 16.0. The Morgan fingerprint density at radius 3 is 2.72 bits per heavy atom. The molecule has 0 atom stereocenters. The normalized spacial score (nSPS) is 10.7. The number of aromatic nitrogens is 4. The summed E-state index contributed by atoms with van der Waals surface area (Å²) in [7, 11) is 1.86. The van der Waals surface area contributed by atoms with Gasteiger partial charge in [0, 0.05) is 29.5 Å². The van der Waals surface area contributed by atoms with Gasteiger partial charge in [-0.25, -0.2) is 0 Å². The third-order valence-corrected chi connectivity index (χ3v) is 4.29. The first-order valence-corrected chi connectivity index (χ1v) is 8.62. The van der Waals surface area contributed by atoms with E-state index in [1.807, 2.05) is 32.4 Å². The van der Waals surface area contributed by atoms with Gasteiger partial charge in [-0.1, -0.05) is 29.3 Å². The molecule has 6 nitrogen and oxygen atoms in total. The van der Waals surface area contributed by atoms with Gasteiger partial charge >= 0.3 is 0 Å². The molecule has 9 heteroatoms. The average molecular weight is 395 g/mol. The zero-order valence-electron chi connectivity index (χ0n) is 13.6. The molecule has 3 rings (SSSR count). The van der Waals surface area contributed by atoms with E-state index in [4.69, 9.17) is 35.4 Å². The maximum absolute atomic E-state index is 6.20. The topological polar surface area (TPSA) is 59.7 Å². The molecule has 0 aliphatic heterocycles. The highest BCUT2D eigenvalue weighted by Gasteiger charge is 2.08. The van der Waals surface area contributed by atoms with Gasteiger partial charge in [0.1, 0.15) is 0 Å². The van der Waals surface area contributed by atoms with Crippen LogP contribution in [0.5, 0.6) is 0 Å². The van der Waals surface area contributed by atoms with Crippen molar-refractivity contribution in [3.63, 3.8) is 0 Å². The smallest absolute Gasteiger partial charge is 0.175 e. The van der Waals surface area contributed by atoms with Crippen LogP contribution in [0.1, 0.15) is 11.3 Å². The van der Waals surface area contributed by atoms with Crippen molar-refractivity contribution in [2.24, 2.45) is 7.05 Å². The summed E-state index contributed by atoms with van der Waals surface area (Å²) in [6.07, 6.45) is 5.43. The quantitative estimate of drug-likeness (QED) is 0.652. The van der Waals surface area contributed by atoms with Crippen LogP contribution >= 0.6 is 35.4 Å². The third kappa shape index (κ3) is 4.50. The van der Waals surface area contributed by atoms with Gasteiger partial charge in [-0.2, -0.15) is 10.2 Å². The maximum Gasteiger partial charge on any atom is 0.175 e. The number of hydrogen-bond acceptors (Lipinski definition) is 3. The van der Waals surface area contributed by atoms with Gasteiger partial charge in [0.15, 0.2) is 5.11 Å². The van der Waals surface area contributed by atoms with Crippen molar-refractivity contribution < 1.29 is 0 Å². The van der Waals surface area contributed by atoms with Gasteiger partial charge in [-0.05, 0) is 36.8 Å². The predicted octanol–water partition coefficient (Wildman–Crippen LogP) is 4.09. The number of anilines is 2. The van der Waals surface area contributed by atoms with Crippen LogP contribution in [-0.2, 0) is 13.6 Å². The molecule has 3 aromatic rings. The highest BCUT2D eigenvalue weighted by molar-refractivity contribution is 7.80. The molecule has 0 spiro atoms. The molecular weight excluding hydrogens is 379 g/mol. The largest absolute Gasteiger partial charge is 0.330 e. The van der Waals surface area contributed by atoms with E-state index >= 15 is 0 Å². The minimum atomic E-state index is 0.472. The van der Waals surface area contributed by atoms with E-state index in [1.54, 1.807) is 27.7 Å². The number of halogens is 2. The van der Waals surface area contributed by atoms with Crippen molar-refractivity contribution >= 4 is 51.9 Å². The number of thiocarbonyl (C=S) groups is 1. The van der Waals surface area contributed by atoms with Crippen LogP contribution in [-0.4, -0.2) is 24.7 Å². The van der Waals surface area contributed by atoms with Crippen molar-refractivity contribution in [3.05, 3.63) is 58.1 Å². The molecule has 0 amide bonds. The van der Waals surface area contributed by atoms with E-state index in [0.717, 1.165) is 22.6 Å². The Kier molecular flexibility index (Phi) is 5.27. The highest BCUT2D eigenvalue weighted by Crippen LogP contribution is 2.22.